The van der Waals surface area contributed by atoms with Gasteiger partial charge in [0.1, 0.15) is 12.7 Å². The van der Waals surface area contributed by atoms with E-state index in [2.05, 4.69) is 0 Å². The number of amides is 1. The summed E-state index contributed by atoms with van der Waals surface area (Å²) in [7, 11) is -2.85. The van der Waals surface area contributed by atoms with Crippen molar-refractivity contribution in [2.24, 2.45) is 0 Å². The van der Waals surface area contributed by atoms with Crippen LogP contribution in [0.5, 0.6) is 0 Å². The van der Waals surface area contributed by atoms with Gasteiger partial charge in [-0.2, -0.15) is 0 Å². The van der Waals surface area contributed by atoms with E-state index in [9.17, 15) is 9.36 Å². The van der Waals surface area contributed by atoms with Gasteiger partial charge >= 0.3 is 6.09 Å². The fourth-order valence-electron chi connectivity index (χ4n) is 3.58. The predicted octanol–water partition coefficient (Wildman–Crippen LogP) is 4.40. The van der Waals surface area contributed by atoms with Crippen molar-refractivity contribution in [2.75, 3.05) is 12.7 Å². The van der Waals surface area contributed by atoms with Gasteiger partial charge in [0.25, 0.3) is 0 Å². The Morgan fingerprint density at radius 1 is 1.04 bits per heavy atom. The van der Waals surface area contributed by atoms with Crippen LogP contribution in [-0.4, -0.2) is 35.3 Å². The lowest BCUT2D eigenvalue weighted by Crippen LogP contribution is -2.42. The van der Waals surface area contributed by atoms with Gasteiger partial charge in [0.15, 0.2) is 0 Å². The molecule has 1 amide bonds. The highest BCUT2D eigenvalue weighted by Gasteiger charge is 2.38. The summed E-state index contributed by atoms with van der Waals surface area (Å²) in [6.45, 7) is 6.27. The molecule has 5 heteroatoms. The molecule has 3 rings (SSSR count). The Bertz CT molecular complexity index is 771. The van der Waals surface area contributed by atoms with E-state index in [1.54, 1.807) is 4.90 Å². The average Bonchev–Trinajstić information content (AvgIpc) is 3.10. The zero-order valence-corrected chi connectivity index (χ0v) is 17.2. The molecular weight excluding hydrogens is 357 g/mol. The van der Waals surface area contributed by atoms with E-state index in [0.717, 1.165) is 23.5 Å². The summed E-state index contributed by atoms with van der Waals surface area (Å²) in [5.74, 6) is 0. The molecule has 1 atom stereocenters. The summed E-state index contributed by atoms with van der Waals surface area (Å²) < 4.78 is 19.8. The number of likely N-dealkylation sites (tertiary alicyclic amines) is 1. The lowest BCUT2D eigenvalue weighted by molar-refractivity contribution is 0.0241. The molecule has 0 bridgehead atoms. The van der Waals surface area contributed by atoms with Crippen molar-refractivity contribution < 1.29 is 14.1 Å². The smallest absolute Gasteiger partial charge is 0.410 e. The van der Waals surface area contributed by atoms with E-state index in [1.165, 1.54) is 0 Å². The van der Waals surface area contributed by atoms with Crippen LogP contribution in [0, 0.1) is 0 Å². The molecule has 0 aromatic heterocycles. The number of ether oxygens (including phenoxy) is 1. The summed E-state index contributed by atoms with van der Waals surface area (Å²) in [6, 6.07) is 19.2. The van der Waals surface area contributed by atoms with Gasteiger partial charge in [0, 0.05) is 29.4 Å². The fraction of sp³-hybridized carbons (Fsp3) is 0.409. The fourth-order valence-corrected chi connectivity index (χ4v) is 6.58. The quantitative estimate of drug-likeness (QED) is 0.733. The molecular formula is C22H28NO3P. The average molecular weight is 385 g/mol. The minimum Gasteiger partial charge on any atom is -0.444 e. The van der Waals surface area contributed by atoms with Crippen molar-refractivity contribution in [3.8, 4) is 0 Å². The number of carbonyl (C=O) groups excluding carboxylic acids is 1. The Labute approximate surface area is 161 Å². The molecule has 0 N–H and O–H groups in total. The van der Waals surface area contributed by atoms with Crippen molar-refractivity contribution in [2.45, 2.75) is 45.3 Å². The van der Waals surface area contributed by atoms with E-state index < -0.39 is 12.7 Å². The lowest BCUT2D eigenvalue weighted by atomic mass is 10.2. The first-order valence-corrected chi connectivity index (χ1v) is 11.4. The van der Waals surface area contributed by atoms with Crippen LogP contribution in [0.2, 0.25) is 0 Å². The second kappa shape index (κ2) is 7.90. The highest BCUT2D eigenvalue weighted by atomic mass is 31.2. The van der Waals surface area contributed by atoms with Crippen LogP contribution in [0.3, 0.4) is 0 Å². The Kier molecular flexibility index (Phi) is 5.76. The normalized spacial score (nSPS) is 17.7. The van der Waals surface area contributed by atoms with Gasteiger partial charge in [-0.3, -0.25) is 0 Å². The highest BCUT2D eigenvalue weighted by Crippen LogP contribution is 2.46. The van der Waals surface area contributed by atoms with Crippen molar-refractivity contribution in [1.82, 2.24) is 4.90 Å². The van der Waals surface area contributed by atoms with Gasteiger partial charge in [-0.1, -0.05) is 60.7 Å². The van der Waals surface area contributed by atoms with Crippen LogP contribution in [-0.2, 0) is 9.30 Å². The number of rotatable bonds is 4. The Balaban J connectivity index is 1.91. The first kappa shape index (κ1) is 19.7. The molecule has 0 aliphatic carbocycles. The summed E-state index contributed by atoms with van der Waals surface area (Å²) >= 11 is 0. The van der Waals surface area contributed by atoms with Crippen LogP contribution >= 0.6 is 7.14 Å². The number of benzene rings is 2. The molecule has 0 unspecified atom stereocenters. The number of nitrogens with zero attached hydrogens (tertiary/aromatic N) is 1. The maximum absolute atomic E-state index is 14.2. The SMILES string of the molecule is CC(C)(C)OC(=O)N1CCC[C@H]1CP(=O)(c1ccccc1)c1ccccc1. The van der Waals surface area contributed by atoms with E-state index >= 15 is 0 Å². The molecule has 0 spiro atoms. The molecule has 2 aromatic rings. The topological polar surface area (TPSA) is 46.6 Å². The molecule has 2 aromatic carbocycles. The molecule has 1 aliphatic rings. The third kappa shape index (κ3) is 4.62. The Hall–Kier alpha value is -2.06. The van der Waals surface area contributed by atoms with Crippen LogP contribution in [0.15, 0.2) is 60.7 Å². The predicted molar refractivity (Wildman–Crippen MR) is 111 cm³/mol. The number of carbonyl (C=O) groups is 1. The molecule has 1 heterocycles. The largest absolute Gasteiger partial charge is 0.444 e. The van der Waals surface area contributed by atoms with Crippen molar-refractivity contribution in [3.63, 3.8) is 0 Å². The third-order valence-electron chi connectivity index (χ3n) is 4.82. The summed E-state index contributed by atoms with van der Waals surface area (Å²) in [5, 5.41) is 1.68. The molecule has 144 valence electrons. The first-order chi connectivity index (χ1) is 12.8. The molecule has 1 aliphatic heterocycles. The van der Waals surface area contributed by atoms with Crippen molar-refractivity contribution in [1.29, 1.82) is 0 Å². The molecule has 1 saturated heterocycles. The van der Waals surface area contributed by atoms with E-state index in [4.69, 9.17) is 4.74 Å². The van der Waals surface area contributed by atoms with E-state index in [0.29, 0.717) is 12.7 Å². The van der Waals surface area contributed by atoms with E-state index in [-0.39, 0.29) is 12.1 Å². The van der Waals surface area contributed by atoms with Gasteiger partial charge in [0.05, 0.1) is 0 Å². The van der Waals surface area contributed by atoms with Crippen molar-refractivity contribution >= 4 is 23.8 Å². The zero-order valence-electron chi connectivity index (χ0n) is 16.3. The molecule has 1 fully saturated rings. The van der Waals surface area contributed by atoms with Crippen molar-refractivity contribution in [3.05, 3.63) is 60.7 Å². The van der Waals surface area contributed by atoms with Crippen LogP contribution in [0.1, 0.15) is 33.6 Å². The number of hydrogen-bond acceptors (Lipinski definition) is 3. The summed E-state index contributed by atoms with van der Waals surface area (Å²) in [5.41, 5.74) is -0.535. The standard InChI is InChI=1S/C22H28NO3P/c1-22(2,3)26-21(24)23-16-10-11-18(23)17-27(25,19-12-6-4-7-13-19)20-14-8-5-9-15-20/h4-9,12-15,18H,10-11,16-17H2,1-3H3/t18-/m0/s1. The highest BCUT2D eigenvalue weighted by molar-refractivity contribution is 7.78. The molecule has 0 saturated carbocycles. The minimum absolute atomic E-state index is 0.0777. The van der Waals surface area contributed by atoms with Crippen LogP contribution < -0.4 is 10.6 Å². The monoisotopic (exact) mass is 385 g/mol. The van der Waals surface area contributed by atoms with Gasteiger partial charge < -0.3 is 14.2 Å². The van der Waals surface area contributed by atoms with Gasteiger partial charge in [-0.15, -0.1) is 0 Å². The molecule has 4 nitrogen and oxygen atoms in total. The molecule has 27 heavy (non-hydrogen) atoms. The van der Waals surface area contributed by atoms with Crippen LogP contribution in [0.25, 0.3) is 0 Å². The summed E-state index contributed by atoms with van der Waals surface area (Å²) in [4.78, 5) is 14.4. The minimum atomic E-state index is -2.85. The van der Waals surface area contributed by atoms with Gasteiger partial charge in [-0.05, 0) is 33.6 Å². The maximum Gasteiger partial charge on any atom is 0.410 e. The third-order valence-corrected chi connectivity index (χ3v) is 8.02. The summed E-state index contributed by atoms with van der Waals surface area (Å²) in [6.07, 6.45) is 1.90. The molecule has 0 radical (unpaired) electrons. The van der Waals surface area contributed by atoms with Gasteiger partial charge in [-0.25, -0.2) is 4.79 Å². The lowest BCUT2D eigenvalue weighted by Gasteiger charge is -2.31. The van der Waals surface area contributed by atoms with Crippen LogP contribution in [0.4, 0.5) is 4.79 Å². The second-order valence-corrected chi connectivity index (χ2v) is 10.9. The van der Waals surface area contributed by atoms with E-state index in [1.807, 2.05) is 81.4 Å². The zero-order chi connectivity index (χ0) is 19.5. The Morgan fingerprint density at radius 3 is 2.04 bits per heavy atom. The first-order valence-electron chi connectivity index (χ1n) is 9.49. The maximum atomic E-state index is 14.2. The Morgan fingerprint density at radius 2 is 1.56 bits per heavy atom. The van der Waals surface area contributed by atoms with Gasteiger partial charge in [0.2, 0.25) is 0 Å². The number of hydrogen-bond donors (Lipinski definition) is 0. The second-order valence-electron chi connectivity index (χ2n) is 8.06.